The predicted molar refractivity (Wildman–Crippen MR) is 74.7 cm³/mol. The Morgan fingerprint density at radius 2 is 2.21 bits per heavy atom. The van der Waals surface area contributed by atoms with Gasteiger partial charge in [-0.2, -0.15) is 5.26 Å². The summed E-state index contributed by atoms with van der Waals surface area (Å²) in [5, 5.41) is 8.81. The van der Waals surface area contributed by atoms with E-state index in [2.05, 4.69) is 17.0 Å². The fourth-order valence-corrected chi connectivity index (χ4v) is 2.56. The van der Waals surface area contributed by atoms with Gasteiger partial charge in [0.15, 0.2) is 0 Å². The van der Waals surface area contributed by atoms with Crippen molar-refractivity contribution in [2.45, 2.75) is 31.3 Å². The van der Waals surface area contributed by atoms with Gasteiger partial charge in [0.2, 0.25) is 0 Å². The average molecular weight is 259 g/mol. The van der Waals surface area contributed by atoms with E-state index in [0.717, 1.165) is 17.9 Å². The molecule has 0 heterocycles. The van der Waals surface area contributed by atoms with Crippen LogP contribution in [0.4, 0.5) is 0 Å². The van der Waals surface area contributed by atoms with Crippen molar-refractivity contribution in [2.75, 3.05) is 20.2 Å². The molecule has 1 saturated carbocycles. The van der Waals surface area contributed by atoms with Crippen molar-refractivity contribution >= 4 is 0 Å². The number of nitrogens with two attached hydrogens (primary N) is 1. The fourth-order valence-electron chi connectivity index (χ4n) is 2.56. The predicted octanol–water partition coefficient (Wildman–Crippen LogP) is 2.07. The van der Waals surface area contributed by atoms with Gasteiger partial charge in [-0.15, -0.1) is 0 Å². The van der Waals surface area contributed by atoms with Crippen molar-refractivity contribution < 1.29 is 4.74 Å². The SMILES string of the molecule is COc1ccccc1C(CN)N(CCC#N)C1CC1. The third kappa shape index (κ3) is 3.25. The maximum atomic E-state index is 8.81. The number of benzene rings is 1. The van der Waals surface area contributed by atoms with E-state index in [9.17, 15) is 0 Å². The minimum Gasteiger partial charge on any atom is -0.496 e. The van der Waals surface area contributed by atoms with Crippen molar-refractivity contribution in [1.29, 1.82) is 5.26 Å². The molecule has 0 saturated heterocycles. The molecule has 1 fully saturated rings. The standard InChI is InChI=1S/C15H21N3O/c1-19-15-6-3-2-5-13(15)14(11-17)18(10-4-9-16)12-7-8-12/h2-3,5-6,12,14H,4,7-8,10-11,17H2,1H3. The molecule has 102 valence electrons. The van der Waals surface area contributed by atoms with E-state index in [-0.39, 0.29) is 6.04 Å². The molecule has 4 heteroatoms. The smallest absolute Gasteiger partial charge is 0.123 e. The number of ether oxygens (including phenoxy) is 1. The number of hydrogen-bond donors (Lipinski definition) is 1. The molecule has 19 heavy (non-hydrogen) atoms. The van der Waals surface area contributed by atoms with Crippen LogP contribution in [0.3, 0.4) is 0 Å². The molecular weight excluding hydrogens is 238 g/mol. The lowest BCUT2D eigenvalue weighted by molar-refractivity contribution is 0.192. The molecule has 0 spiro atoms. The summed E-state index contributed by atoms with van der Waals surface area (Å²) < 4.78 is 5.44. The van der Waals surface area contributed by atoms with Gasteiger partial charge in [0.05, 0.1) is 19.2 Å². The highest BCUT2D eigenvalue weighted by atomic mass is 16.5. The molecule has 1 unspecified atom stereocenters. The molecular formula is C15H21N3O. The highest BCUT2D eigenvalue weighted by Crippen LogP contribution is 2.36. The summed E-state index contributed by atoms with van der Waals surface area (Å²) in [4.78, 5) is 2.36. The zero-order valence-corrected chi connectivity index (χ0v) is 11.4. The molecule has 0 amide bonds. The average Bonchev–Trinajstić information content (AvgIpc) is 3.28. The van der Waals surface area contributed by atoms with Crippen LogP contribution in [0, 0.1) is 11.3 Å². The summed E-state index contributed by atoms with van der Waals surface area (Å²) in [5.74, 6) is 0.876. The molecule has 1 aliphatic rings. The van der Waals surface area contributed by atoms with Crippen LogP contribution in [-0.4, -0.2) is 31.1 Å². The Balaban J connectivity index is 2.23. The summed E-state index contributed by atoms with van der Waals surface area (Å²) >= 11 is 0. The van der Waals surface area contributed by atoms with Gasteiger partial charge in [-0.3, -0.25) is 4.90 Å². The monoisotopic (exact) mass is 259 g/mol. The van der Waals surface area contributed by atoms with E-state index in [4.69, 9.17) is 15.7 Å². The van der Waals surface area contributed by atoms with E-state index >= 15 is 0 Å². The Morgan fingerprint density at radius 3 is 2.79 bits per heavy atom. The van der Waals surface area contributed by atoms with Gasteiger partial charge in [0.1, 0.15) is 5.75 Å². The van der Waals surface area contributed by atoms with Gasteiger partial charge in [-0.25, -0.2) is 0 Å². The second kappa shape index (κ2) is 6.55. The first-order valence-corrected chi connectivity index (χ1v) is 6.77. The van der Waals surface area contributed by atoms with Crippen LogP contribution in [-0.2, 0) is 0 Å². The van der Waals surface area contributed by atoms with E-state index in [1.807, 2.05) is 18.2 Å². The molecule has 2 rings (SSSR count). The Morgan fingerprint density at radius 1 is 1.47 bits per heavy atom. The number of hydrogen-bond acceptors (Lipinski definition) is 4. The van der Waals surface area contributed by atoms with Crippen LogP contribution in [0.5, 0.6) is 5.75 Å². The van der Waals surface area contributed by atoms with Crippen molar-refractivity contribution in [2.24, 2.45) is 5.73 Å². The van der Waals surface area contributed by atoms with E-state index in [1.165, 1.54) is 12.8 Å². The van der Waals surface area contributed by atoms with Crippen LogP contribution >= 0.6 is 0 Å². The first-order chi connectivity index (χ1) is 9.31. The van der Waals surface area contributed by atoms with Gasteiger partial charge in [0, 0.05) is 31.1 Å². The second-order valence-electron chi connectivity index (χ2n) is 4.87. The van der Waals surface area contributed by atoms with E-state index in [0.29, 0.717) is 19.0 Å². The van der Waals surface area contributed by atoms with Crippen LogP contribution in [0.25, 0.3) is 0 Å². The van der Waals surface area contributed by atoms with Crippen molar-refractivity contribution in [3.05, 3.63) is 29.8 Å². The molecule has 1 atom stereocenters. The summed E-state index contributed by atoms with van der Waals surface area (Å²) in [6.45, 7) is 1.32. The van der Waals surface area contributed by atoms with Gasteiger partial charge >= 0.3 is 0 Å². The third-order valence-corrected chi connectivity index (χ3v) is 3.62. The van der Waals surface area contributed by atoms with Crippen LogP contribution in [0.15, 0.2) is 24.3 Å². The Bertz CT molecular complexity index is 451. The number of nitrogens with zero attached hydrogens (tertiary/aromatic N) is 2. The Kier molecular flexibility index (Phi) is 4.78. The quantitative estimate of drug-likeness (QED) is 0.814. The maximum absolute atomic E-state index is 8.81. The molecule has 0 aromatic heterocycles. The van der Waals surface area contributed by atoms with Crippen molar-refractivity contribution in [1.82, 2.24) is 4.90 Å². The van der Waals surface area contributed by atoms with Crippen LogP contribution < -0.4 is 10.5 Å². The molecule has 1 aliphatic carbocycles. The van der Waals surface area contributed by atoms with Gasteiger partial charge < -0.3 is 10.5 Å². The zero-order valence-electron chi connectivity index (χ0n) is 11.4. The number of para-hydroxylation sites is 1. The largest absolute Gasteiger partial charge is 0.496 e. The molecule has 1 aromatic rings. The number of nitriles is 1. The van der Waals surface area contributed by atoms with Crippen molar-refractivity contribution in [3.8, 4) is 11.8 Å². The minimum absolute atomic E-state index is 0.136. The lowest BCUT2D eigenvalue weighted by Gasteiger charge is -2.31. The lowest BCUT2D eigenvalue weighted by Crippen LogP contribution is -2.36. The fraction of sp³-hybridized carbons (Fsp3) is 0.533. The zero-order chi connectivity index (χ0) is 13.7. The van der Waals surface area contributed by atoms with E-state index < -0.39 is 0 Å². The van der Waals surface area contributed by atoms with E-state index in [1.54, 1.807) is 7.11 Å². The Hall–Kier alpha value is -1.57. The van der Waals surface area contributed by atoms with Crippen LogP contribution in [0.1, 0.15) is 30.9 Å². The molecule has 0 bridgehead atoms. The van der Waals surface area contributed by atoms with Gasteiger partial charge in [-0.1, -0.05) is 18.2 Å². The first kappa shape index (κ1) is 13.9. The Labute approximate surface area is 114 Å². The molecule has 0 radical (unpaired) electrons. The summed E-state index contributed by atoms with van der Waals surface area (Å²) in [5.41, 5.74) is 7.11. The topological polar surface area (TPSA) is 62.3 Å². The molecule has 1 aromatic carbocycles. The number of methoxy groups -OCH3 is 1. The maximum Gasteiger partial charge on any atom is 0.123 e. The van der Waals surface area contributed by atoms with Crippen molar-refractivity contribution in [3.63, 3.8) is 0 Å². The number of rotatable bonds is 7. The molecule has 0 aliphatic heterocycles. The molecule has 4 nitrogen and oxygen atoms in total. The highest BCUT2D eigenvalue weighted by Gasteiger charge is 2.34. The lowest BCUT2D eigenvalue weighted by atomic mass is 10.0. The molecule has 2 N–H and O–H groups in total. The van der Waals surface area contributed by atoms with Gasteiger partial charge in [-0.05, 0) is 18.9 Å². The normalized spacial score (nSPS) is 16.1. The van der Waals surface area contributed by atoms with Gasteiger partial charge in [0.25, 0.3) is 0 Å². The summed E-state index contributed by atoms with van der Waals surface area (Å²) in [7, 11) is 1.68. The highest BCUT2D eigenvalue weighted by molar-refractivity contribution is 5.36. The second-order valence-corrected chi connectivity index (χ2v) is 4.87. The first-order valence-electron chi connectivity index (χ1n) is 6.77. The summed E-state index contributed by atoms with van der Waals surface area (Å²) in [6, 6.07) is 10.9. The minimum atomic E-state index is 0.136. The summed E-state index contributed by atoms with van der Waals surface area (Å²) in [6.07, 6.45) is 2.95. The van der Waals surface area contributed by atoms with Crippen LogP contribution in [0.2, 0.25) is 0 Å². The third-order valence-electron chi connectivity index (χ3n) is 3.62.